The number of aryl methyl sites for hydroxylation is 2. The average molecular weight is 791 g/mol. The zero-order valence-corrected chi connectivity index (χ0v) is 36.6. The molecule has 60 heavy (non-hydrogen) atoms. The van der Waals surface area contributed by atoms with Gasteiger partial charge in [0.2, 0.25) is 0 Å². The minimum atomic E-state index is -2.31. The van der Waals surface area contributed by atoms with Gasteiger partial charge in [-0.25, -0.2) is 4.98 Å². The van der Waals surface area contributed by atoms with E-state index in [1.54, 1.807) is 12.1 Å². The van der Waals surface area contributed by atoms with Crippen LogP contribution in [-0.4, -0.2) is 19.6 Å². The molecule has 6 aromatic carbocycles. The molecule has 0 saturated heterocycles. The smallest absolute Gasteiger partial charge is 0.149 e. The second-order valence-corrected chi connectivity index (χ2v) is 19.3. The third-order valence-electron chi connectivity index (χ3n) is 11.6. The molecule has 0 radical (unpaired) electrons. The number of phenols is 1. The Hall–Kier alpha value is -6.26. The fourth-order valence-electron chi connectivity index (χ4n) is 8.15. The van der Waals surface area contributed by atoms with Crippen LogP contribution in [0.2, 0.25) is 0 Å². The number of aromatic hydroxyl groups is 1. The highest BCUT2D eigenvalue weighted by Gasteiger charge is 2.27. The molecule has 0 amide bonds. The molecule has 4 heteroatoms. The molecule has 2 aromatic heterocycles. The summed E-state index contributed by atoms with van der Waals surface area (Å²) in [6.07, 6.45) is 1.89. The maximum Gasteiger partial charge on any atom is 0.149 e. The first-order valence-electron chi connectivity index (χ1n) is 22.4. The lowest BCUT2D eigenvalue weighted by Gasteiger charge is -2.23. The normalized spacial score (nSPS) is 13.3. The second kappa shape index (κ2) is 15.1. The molecule has 0 saturated carbocycles. The van der Waals surface area contributed by atoms with Crippen molar-refractivity contribution in [2.75, 3.05) is 0 Å². The third-order valence-corrected chi connectivity index (χ3v) is 11.6. The number of fused-ring (bicyclic) bond motifs is 1. The average Bonchev–Trinajstić information content (AvgIpc) is 3.62. The summed E-state index contributed by atoms with van der Waals surface area (Å²) in [7, 11) is 0. The second-order valence-electron chi connectivity index (χ2n) is 19.3. The number of hydrogen-bond donors (Lipinski definition) is 1. The maximum absolute atomic E-state index is 12.2. The number of rotatable bonds is 6. The van der Waals surface area contributed by atoms with Gasteiger partial charge in [-0.05, 0) is 117 Å². The van der Waals surface area contributed by atoms with E-state index in [1.165, 1.54) is 5.56 Å². The largest absolute Gasteiger partial charge is 0.507 e. The summed E-state index contributed by atoms with van der Waals surface area (Å²) in [4.78, 5) is 10.4. The van der Waals surface area contributed by atoms with Crippen LogP contribution in [0.15, 0.2) is 140 Å². The quantitative estimate of drug-likeness (QED) is 0.182. The van der Waals surface area contributed by atoms with Crippen molar-refractivity contribution >= 4 is 11.0 Å². The third kappa shape index (κ3) is 7.79. The van der Waals surface area contributed by atoms with Crippen LogP contribution in [0.4, 0.5) is 0 Å². The molecular formula is C56H57N3O. The van der Waals surface area contributed by atoms with Crippen LogP contribution in [0, 0.1) is 13.8 Å². The molecule has 0 spiro atoms. The highest BCUT2D eigenvalue weighted by Crippen LogP contribution is 2.44. The van der Waals surface area contributed by atoms with E-state index in [-0.39, 0.29) is 27.6 Å². The van der Waals surface area contributed by atoms with Crippen molar-refractivity contribution in [2.24, 2.45) is 0 Å². The van der Waals surface area contributed by atoms with Gasteiger partial charge in [0.05, 0.1) is 28.0 Å². The zero-order valence-electron chi connectivity index (χ0n) is 39.6. The molecule has 0 unspecified atom stereocenters. The van der Waals surface area contributed by atoms with Crippen molar-refractivity contribution in [2.45, 2.75) is 92.3 Å². The lowest BCUT2D eigenvalue weighted by Crippen LogP contribution is -2.12. The number of para-hydroxylation sites is 1. The van der Waals surface area contributed by atoms with E-state index >= 15 is 0 Å². The van der Waals surface area contributed by atoms with Crippen molar-refractivity contribution in [1.29, 1.82) is 0 Å². The fourth-order valence-corrected chi connectivity index (χ4v) is 8.15. The van der Waals surface area contributed by atoms with E-state index in [2.05, 4.69) is 140 Å². The summed E-state index contributed by atoms with van der Waals surface area (Å²) < 4.78 is 27.1. The van der Waals surface area contributed by atoms with Gasteiger partial charge in [-0.2, -0.15) is 0 Å². The van der Waals surface area contributed by atoms with Crippen LogP contribution >= 0.6 is 0 Å². The van der Waals surface area contributed by atoms with Crippen LogP contribution in [-0.2, 0) is 16.2 Å². The summed E-state index contributed by atoms with van der Waals surface area (Å²) in [6.45, 7) is 19.4. The van der Waals surface area contributed by atoms with Crippen LogP contribution < -0.4 is 0 Å². The number of phenolic OH excluding ortho intramolecular Hbond substituents is 1. The molecule has 0 aliphatic carbocycles. The molecular weight excluding hydrogens is 731 g/mol. The van der Waals surface area contributed by atoms with Gasteiger partial charge in [0.1, 0.15) is 11.6 Å². The zero-order chi connectivity index (χ0) is 45.2. The van der Waals surface area contributed by atoms with E-state index in [0.29, 0.717) is 11.4 Å². The van der Waals surface area contributed by atoms with Crippen molar-refractivity contribution in [3.05, 3.63) is 167 Å². The fraction of sp³-hybridized carbons (Fsp3) is 0.250. The molecule has 4 nitrogen and oxygen atoms in total. The Balaban J connectivity index is 1.40. The highest BCUT2D eigenvalue weighted by molar-refractivity contribution is 5.98. The SMILES string of the molecule is [2H]C([2H])([2H])c1ccc(-n2c(-c3cc(C)cc(C(C)(C)C)c3O)nc3c(-c4cc(-c5cc(-c6ccc(C(C)(C)C)cc6)ccn5)cc(C(C)(C)C)c4)cccc32)c(-c2ccccc2)c1. The summed E-state index contributed by atoms with van der Waals surface area (Å²) >= 11 is 0. The monoisotopic (exact) mass is 790 g/mol. The molecule has 0 bridgehead atoms. The van der Waals surface area contributed by atoms with Gasteiger partial charge >= 0.3 is 0 Å². The molecule has 8 aromatic rings. The first kappa shape index (κ1) is 36.8. The van der Waals surface area contributed by atoms with Gasteiger partial charge < -0.3 is 5.11 Å². The predicted octanol–water partition coefficient (Wildman–Crippen LogP) is 15.0. The lowest BCUT2D eigenvalue weighted by molar-refractivity contribution is 0.448. The van der Waals surface area contributed by atoms with E-state index in [4.69, 9.17) is 14.1 Å². The Morgan fingerprint density at radius 2 is 1.23 bits per heavy atom. The standard InChI is InChI=1S/C56H57N3O/c1-35-20-25-49(45(28-35)38-16-13-12-14-17-38)59-50-19-15-18-44(51(50)58-53(59)46-29-36(2)30-47(52(46)60)56(9,10)11)40-31-41(33-43(32-40)55(6,7)8)48-34-39(26-27-57-48)37-21-23-42(24-22-37)54(3,4)5/h12-34,60H,1-11H3/i1D3. The van der Waals surface area contributed by atoms with Gasteiger partial charge in [0.25, 0.3) is 0 Å². The predicted molar refractivity (Wildman–Crippen MR) is 253 cm³/mol. The van der Waals surface area contributed by atoms with Crippen LogP contribution in [0.25, 0.3) is 72.7 Å². The molecule has 302 valence electrons. The Bertz CT molecular complexity index is 2990. The molecule has 0 fully saturated rings. The van der Waals surface area contributed by atoms with Crippen molar-refractivity contribution in [1.82, 2.24) is 14.5 Å². The number of pyridine rings is 1. The Kier molecular flexibility index (Phi) is 9.25. The maximum atomic E-state index is 12.2. The summed E-state index contributed by atoms with van der Waals surface area (Å²) in [5, 5.41) is 12.2. The van der Waals surface area contributed by atoms with Gasteiger partial charge in [-0.1, -0.05) is 153 Å². The van der Waals surface area contributed by atoms with Gasteiger partial charge in [-0.3, -0.25) is 9.55 Å². The van der Waals surface area contributed by atoms with Crippen LogP contribution in [0.1, 0.15) is 94.2 Å². The van der Waals surface area contributed by atoms with E-state index in [9.17, 15) is 5.11 Å². The van der Waals surface area contributed by atoms with E-state index < -0.39 is 6.85 Å². The van der Waals surface area contributed by atoms with Crippen LogP contribution in [0.5, 0.6) is 5.75 Å². The molecule has 0 atom stereocenters. The van der Waals surface area contributed by atoms with Gasteiger partial charge in [0, 0.05) is 32.6 Å². The molecule has 0 aliphatic heterocycles. The topological polar surface area (TPSA) is 50.9 Å². The molecule has 1 N–H and O–H groups in total. The molecule has 0 aliphatic rings. The van der Waals surface area contributed by atoms with Crippen molar-refractivity contribution < 1.29 is 9.22 Å². The van der Waals surface area contributed by atoms with E-state index in [1.807, 2.05) is 61.7 Å². The first-order valence-corrected chi connectivity index (χ1v) is 20.9. The highest BCUT2D eigenvalue weighted by atomic mass is 16.3. The lowest BCUT2D eigenvalue weighted by atomic mass is 9.83. The molecule has 8 rings (SSSR count). The number of benzene rings is 6. The molecule has 2 heterocycles. The Labute approximate surface area is 360 Å². The van der Waals surface area contributed by atoms with Crippen LogP contribution in [0.3, 0.4) is 0 Å². The van der Waals surface area contributed by atoms with Gasteiger partial charge in [-0.15, -0.1) is 0 Å². The van der Waals surface area contributed by atoms with Crippen molar-refractivity contribution in [3.63, 3.8) is 0 Å². The number of nitrogens with zero attached hydrogens (tertiary/aromatic N) is 3. The van der Waals surface area contributed by atoms with Crippen molar-refractivity contribution in [3.8, 4) is 67.5 Å². The number of aromatic nitrogens is 3. The number of imidazole rings is 1. The number of hydrogen-bond acceptors (Lipinski definition) is 3. The minimum absolute atomic E-state index is 0.0650. The minimum Gasteiger partial charge on any atom is -0.507 e. The summed E-state index contributed by atoms with van der Waals surface area (Å²) in [6, 6.07) is 45.3. The van der Waals surface area contributed by atoms with E-state index in [0.717, 1.165) is 78.0 Å². The Morgan fingerprint density at radius 1 is 0.533 bits per heavy atom. The summed E-state index contributed by atoms with van der Waals surface area (Å²) in [5.74, 6) is 0.726. The summed E-state index contributed by atoms with van der Waals surface area (Å²) in [5.41, 5.74) is 14.6. The van der Waals surface area contributed by atoms with Gasteiger partial charge in [0.15, 0.2) is 0 Å². The Morgan fingerprint density at radius 3 is 1.92 bits per heavy atom. The first-order chi connectivity index (χ1) is 29.6.